The van der Waals surface area contributed by atoms with Crippen LogP contribution in [-0.2, 0) is 6.42 Å². The molecule has 0 saturated carbocycles. The predicted octanol–water partition coefficient (Wildman–Crippen LogP) is 3.67. The number of nitrogens with one attached hydrogen (secondary N) is 1. The molecule has 0 aliphatic carbocycles. The molecule has 0 aromatic heterocycles. The van der Waals surface area contributed by atoms with E-state index < -0.39 is 0 Å². The Labute approximate surface area is 115 Å². The highest BCUT2D eigenvalue weighted by Crippen LogP contribution is 2.15. The zero-order valence-corrected chi connectivity index (χ0v) is 11.5. The van der Waals surface area contributed by atoms with Gasteiger partial charge < -0.3 is 10.4 Å². The normalized spacial score (nSPS) is 14.0. The third-order valence-electron chi connectivity index (χ3n) is 3.31. The van der Waals surface area contributed by atoms with Crippen LogP contribution in [0.25, 0.3) is 0 Å². The molecule has 0 spiro atoms. The van der Waals surface area contributed by atoms with E-state index in [1.807, 2.05) is 18.2 Å². The Bertz CT molecular complexity index is 492. The van der Waals surface area contributed by atoms with E-state index in [0.717, 1.165) is 6.42 Å². The fraction of sp³-hybridized carbons (Fsp3) is 0.294. The van der Waals surface area contributed by atoms with Gasteiger partial charge in [-0.2, -0.15) is 0 Å². The van der Waals surface area contributed by atoms with Crippen molar-refractivity contribution >= 4 is 0 Å². The first-order chi connectivity index (χ1) is 9.15. The Kier molecular flexibility index (Phi) is 4.58. The molecular weight excluding hydrogens is 234 g/mol. The molecule has 0 heterocycles. The summed E-state index contributed by atoms with van der Waals surface area (Å²) in [5, 5.41) is 12.9. The molecule has 2 N–H and O–H groups in total. The van der Waals surface area contributed by atoms with Crippen LogP contribution in [0.1, 0.15) is 31.0 Å². The van der Waals surface area contributed by atoms with Crippen LogP contribution >= 0.6 is 0 Å². The Morgan fingerprint density at radius 1 is 0.947 bits per heavy atom. The van der Waals surface area contributed by atoms with Crippen LogP contribution in [0.4, 0.5) is 0 Å². The maximum atomic E-state index is 9.27. The summed E-state index contributed by atoms with van der Waals surface area (Å²) in [4.78, 5) is 0. The van der Waals surface area contributed by atoms with E-state index in [-0.39, 0.29) is 0 Å². The van der Waals surface area contributed by atoms with Gasteiger partial charge in [0.05, 0.1) is 0 Å². The summed E-state index contributed by atoms with van der Waals surface area (Å²) < 4.78 is 0. The van der Waals surface area contributed by atoms with Crippen molar-refractivity contribution in [3.63, 3.8) is 0 Å². The van der Waals surface area contributed by atoms with Crippen molar-refractivity contribution in [3.05, 3.63) is 65.7 Å². The average Bonchev–Trinajstić information content (AvgIpc) is 2.42. The maximum absolute atomic E-state index is 9.27. The van der Waals surface area contributed by atoms with Crippen molar-refractivity contribution in [2.75, 3.05) is 0 Å². The second-order valence-corrected chi connectivity index (χ2v) is 5.07. The van der Waals surface area contributed by atoms with Gasteiger partial charge in [0.15, 0.2) is 0 Å². The number of hydrogen-bond acceptors (Lipinski definition) is 2. The third-order valence-corrected chi connectivity index (χ3v) is 3.31. The lowest BCUT2D eigenvalue weighted by Gasteiger charge is -2.20. The molecule has 2 rings (SSSR count). The van der Waals surface area contributed by atoms with Crippen molar-refractivity contribution in [2.24, 2.45) is 0 Å². The molecule has 0 radical (unpaired) electrons. The van der Waals surface area contributed by atoms with Crippen molar-refractivity contribution in [2.45, 2.75) is 32.4 Å². The van der Waals surface area contributed by atoms with Gasteiger partial charge in [-0.1, -0.05) is 42.5 Å². The predicted molar refractivity (Wildman–Crippen MR) is 79.3 cm³/mol. The molecular formula is C17H21NO. The van der Waals surface area contributed by atoms with Gasteiger partial charge in [0, 0.05) is 12.1 Å². The van der Waals surface area contributed by atoms with Crippen molar-refractivity contribution in [1.29, 1.82) is 0 Å². The van der Waals surface area contributed by atoms with Gasteiger partial charge >= 0.3 is 0 Å². The molecule has 0 amide bonds. The minimum absolute atomic E-state index is 0.321. The van der Waals surface area contributed by atoms with Crippen molar-refractivity contribution in [3.8, 4) is 5.75 Å². The minimum atomic E-state index is 0.321. The molecule has 2 nitrogen and oxygen atoms in total. The summed E-state index contributed by atoms with van der Waals surface area (Å²) in [6.07, 6.45) is 0.956. The van der Waals surface area contributed by atoms with Gasteiger partial charge in [0.2, 0.25) is 0 Å². The lowest BCUT2D eigenvalue weighted by molar-refractivity contribution is 0.470. The standard InChI is InChI=1S/C17H21NO/c1-13(12-15-8-10-17(19)11-9-15)18-14(2)16-6-4-3-5-7-16/h3-11,13-14,18-19H,12H2,1-2H3. The van der Waals surface area contributed by atoms with E-state index in [1.54, 1.807) is 12.1 Å². The molecule has 100 valence electrons. The number of hydrogen-bond donors (Lipinski definition) is 2. The first kappa shape index (κ1) is 13.6. The Morgan fingerprint density at radius 3 is 2.21 bits per heavy atom. The molecule has 0 saturated heterocycles. The average molecular weight is 255 g/mol. The maximum Gasteiger partial charge on any atom is 0.115 e. The first-order valence-electron chi connectivity index (χ1n) is 6.74. The largest absolute Gasteiger partial charge is 0.508 e. The summed E-state index contributed by atoms with van der Waals surface area (Å²) >= 11 is 0. The quantitative estimate of drug-likeness (QED) is 0.854. The van der Waals surface area contributed by atoms with Crippen LogP contribution in [0.2, 0.25) is 0 Å². The zero-order chi connectivity index (χ0) is 13.7. The van der Waals surface area contributed by atoms with E-state index in [2.05, 4.69) is 43.4 Å². The number of phenolic OH excluding ortho intramolecular Hbond substituents is 1. The van der Waals surface area contributed by atoms with E-state index in [1.165, 1.54) is 11.1 Å². The van der Waals surface area contributed by atoms with Crippen molar-refractivity contribution in [1.82, 2.24) is 5.32 Å². The highest BCUT2D eigenvalue weighted by atomic mass is 16.3. The molecule has 2 atom stereocenters. The van der Waals surface area contributed by atoms with Crippen LogP contribution in [-0.4, -0.2) is 11.1 Å². The summed E-state index contributed by atoms with van der Waals surface area (Å²) in [5.74, 6) is 0.321. The van der Waals surface area contributed by atoms with Crippen LogP contribution in [0.5, 0.6) is 5.75 Å². The van der Waals surface area contributed by atoms with Gasteiger partial charge in [-0.25, -0.2) is 0 Å². The smallest absolute Gasteiger partial charge is 0.115 e. The summed E-state index contributed by atoms with van der Waals surface area (Å²) in [6, 6.07) is 18.6. The van der Waals surface area contributed by atoms with Crippen LogP contribution in [0.3, 0.4) is 0 Å². The summed E-state index contributed by atoms with van der Waals surface area (Å²) in [6.45, 7) is 4.37. The number of aromatic hydroxyl groups is 1. The SMILES string of the molecule is CC(Cc1ccc(O)cc1)NC(C)c1ccccc1. The zero-order valence-electron chi connectivity index (χ0n) is 11.5. The molecule has 2 unspecified atom stereocenters. The Balaban J connectivity index is 1.90. The summed E-state index contributed by atoms with van der Waals surface area (Å²) in [5.41, 5.74) is 2.54. The van der Waals surface area contributed by atoms with Gasteiger partial charge in [-0.15, -0.1) is 0 Å². The van der Waals surface area contributed by atoms with Crippen LogP contribution < -0.4 is 5.32 Å². The van der Waals surface area contributed by atoms with Gasteiger partial charge in [-0.3, -0.25) is 0 Å². The lowest BCUT2D eigenvalue weighted by atomic mass is 10.0. The molecule has 19 heavy (non-hydrogen) atoms. The fourth-order valence-electron chi connectivity index (χ4n) is 2.31. The van der Waals surface area contributed by atoms with Gasteiger partial charge in [0.25, 0.3) is 0 Å². The fourth-order valence-corrected chi connectivity index (χ4v) is 2.31. The van der Waals surface area contributed by atoms with E-state index in [9.17, 15) is 5.11 Å². The molecule has 2 aromatic carbocycles. The molecule has 0 bridgehead atoms. The molecule has 2 aromatic rings. The van der Waals surface area contributed by atoms with Gasteiger partial charge in [-0.05, 0) is 43.5 Å². The molecule has 2 heteroatoms. The molecule has 0 aliphatic rings. The van der Waals surface area contributed by atoms with Crippen LogP contribution in [0.15, 0.2) is 54.6 Å². The van der Waals surface area contributed by atoms with Crippen LogP contribution in [0, 0.1) is 0 Å². The highest BCUT2D eigenvalue weighted by molar-refractivity contribution is 5.26. The first-order valence-corrected chi connectivity index (χ1v) is 6.74. The minimum Gasteiger partial charge on any atom is -0.508 e. The second-order valence-electron chi connectivity index (χ2n) is 5.07. The summed E-state index contributed by atoms with van der Waals surface area (Å²) in [7, 11) is 0. The lowest BCUT2D eigenvalue weighted by Crippen LogP contribution is -2.30. The second kappa shape index (κ2) is 6.39. The highest BCUT2D eigenvalue weighted by Gasteiger charge is 2.09. The van der Waals surface area contributed by atoms with E-state index in [4.69, 9.17) is 0 Å². The van der Waals surface area contributed by atoms with Crippen molar-refractivity contribution < 1.29 is 5.11 Å². The third kappa shape index (κ3) is 4.11. The van der Waals surface area contributed by atoms with E-state index in [0.29, 0.717) is 17.8 Å². The van der Waals surface area contributed by atoms with E-state index >= 15 is 0 Å². The molecule has 0 aliphatic heterocycles. The Morgan fingerprint density at radius 2 is 1.58 bits per heavy atom. The molecule has 0 fully saturated rings. The Hall–Kier alpha value is -1.80. The van der Waals surface area contributed by atoms with Gasteiger partial charge in [0.1, 0.15) is 5.75 Å². The number of benzene rings is 2. The number of phenols is 1. The number of rotatable bonds is 5. The topological polar surface area (TPSA) is 32.3 Å². The monoisotopic (exact) mass is 255 g/mol.